The van der Waals surface area contributed by atoms with Gasteiger partial charge in [-0.25, -0.2) is 4.98 Å². The molecule has 4 aromatic heterocycles. The van der Waals surface area contributed by atoms with Crippen molar-refractivity contribution < 1.29 is 26.8 Å². The fraction of sp³-hybridized carbons (Fsp3) is 0.118. The number of rotatable bonds is 5. The molecule has 0 saturated carbocycles. The molecule has 4 aromatic rings. The quantitative estimate of drug-likeness (QED) is 0.525. The summed E-state index contributed by atoms with van der Waals surface area (Å²) in [5, 5.41) is 6.17. The van der Waals surface area contributed by atoms with Crippen LogP contribution < -0.4 is 5.32 Å². The van der Waals surface area contributed by atoms with Crippen molar-refractivity contribution in [2.24, 2.45) is 0 Å². The highest BCUT2D eigenvalue weighted by Crippen LogP contribution is 2.39. The first-order chi connectivity index (χ1) is 13.4. The van der Waals surface area contributed by atoms with Gasteiger partial charge in [-0.1, -0.05) is 11.3 Å². The molecule has 1 N–H and O–H groups in total. The Balaban J connectivity index is 1.54. The lowest BCUT2D eigenvalue weighted by Gasteiger charge is -2.03. The third kappa shape index (κ3) is 3.69. The van der Waals surface area contributed by atoms with Crippen LogP contribution in [0, 0.1) is 0 Å². The molecule has 0 spiro atoms. The van der Waals surface area contributed by atoms with Gasteiger partial charge in [-0.05, 0) is 30.3 Å². The van der Waals surface area contributed by atoms with Crippen LogP contribution in [0.1, 0.15) is 5.69 Å². The predicted molar refractivity (Wildman–Crippen MR) is 93.4 cm³/mol. The van der Waals surface area contributed by atoms with Crippen LogP contribution in [0.25, 0.3) is 22.1 Å². The molecule has 4 heterocycles. The van der Waals surface area contributed by atoms with Crippen LogP contribution in [0.4, 0.5) is 18.3 Å². The standard InChI is InChI=1S/C17H11F3N4O3S/c18-17(19,20)12-5-6-24(23-12)9-13(25)21-16-22-14(10-3-1-7-26-10)15(28-16)11-4-2-8-27-11/h1-8H,9H2,(H,21,22,25). The van der Waals surface area contributed by atoms with Gasteiger partial charge < -0.3 is 14.2 Å². The van der Waals surface area contributed by atoms with Crippen molar-refractivity contribution in [1.29, 1.82) is 0 Å². The summed E-state index contributed by atoms with van der Waals surface area (Å²) < 4.78 is 49.5. The molecule has 0 unspecified atom stereocenters. The van der Waals surface area contributed by atoms with Gasteiger partial charge in [0.05, 0.1) is 12.5 Å². The first-order valence-electron chi connectivity index (χ1n) is 7.89. The van der Waals surface area contributed by atoms with E-state index >= 15 is 0 Å². The number of thiazole rings is 1. The molecule has 0 aliphatic rings. The van der Waals surface area contributed by atoms with Crippen molar-refractivity contribution in [3.8, 4) is 22.1 Å². The summed E-state index contributed by atoms with van der Waals surface area (Å²) >= 11 is 1.16. The van der Waals surface area contributed by atoms with Gasteiger partial charge in [-0.3, -0.25) is 9.48 Å². The number of carbonyl (C=O) groups is 1. The highest BCUT2D eigenvalue weighted by molar-refractivity contribution is 7.19. The second-order valence-corrected chi connectivity index (χ2v) is 6.59. The third-order valence-electron chi connectivity index (χ3n) is 3.61. The molecule has 0 atom stereocenters. The molecule has 28 heavy (non-hydrogen) atoms. The Morgan fingerprint density at radius 1 is 1.14 bits per heavy atom. The fourth-order valence-electron chi connectivity index (χ4n) is 2.44. The molecular formula is C17H11F3N4O3S. The van der Waals surface area contributed by atoms with Crippen molar-refractivity contribution in [1.82, 2.24) is 14.8 Å². The van der Waals surface area contributed by atoms with Gasteiger partial charge in [-0.15, -0.1) is 0 Å². The number of furan rings is 2. The number of alkyl halides is 3. The Bertz CT molecular complexity index is 1030. The molecule has 4 rings (SSSR count). The van der Waals surface area contributed by atoms with Gasteiger partial charge in [-0.2, -0.15) is 18.3 Å². The Labute approximate surface area is 159 Å². The average Bonchev–Trinajstić information content (AvgIpc) is 3.40. The number of amides is 1. The maximum Gasteiger partial charge on any atom is 0.435 e. The molecule has 7 nitrogen and oxygen atoms in total. The maximum atomic E-state index is 12.6. The van der Waals surface area contributed by atoms with E-state index in [1.807, 2.05) is 0 Å². The number of hydrogen-bond acceptors (Lipinski definition) is 6. The van der Waals surface area contributed by atoms with E-state index in [0.717, 1.165) is 28.3 Å². The van der Waals surface area contributed by atoms with E-state index in [2.05, 4.69) is 15.4 Å². The summed E-state index contributed by atoms with van der Waals surface area (Å²) in [4.78, 5) is 17.2. The minimum Gasteiger partial charge on any atom is -0.463 e. The number of anilines is 1. The number of carbonyl (C=O) groups excluding carboxylic acids is 1. The first-order valence-corrected chi connectivity index (χ1v) is 8.71. The van der Waals surface area contributed by atoms with E-state index < -0.39 is 17.8 Å². The smallest absolute Gasteiger partial charge is 0.435 e. The van der Waals surface area contributed by atoms with E-state index in [1.165, 1.54) is 12.5 Å². The molecule has 0 aliphatic carbocycles. The minimum absolute atomic E-state index is 0.256. The number of halogens is 3. The molecule has 11 heteroatoms. The number of aromatic nitrogens is 3. The summed E-state index contributed by atoms with van der Waals surface area (Å²) in [6.07, 6.45) is -0.469. The molecule has 1 amide bonds. The van der Waals surface area contributed by atoms with Crippen LogP contribution in [0.2, 0.25) is 0 Å². The van der Waals surface area contributed by atoms with E-state index in [1.54, 1.807) is 24.3 Å². The van der Waals surface area contributed by atoms with Gasteiger partial charge in [0.25, 0.3) is 0 Å². The lowest BCUT2D eigenvalue weighted by atomic mass is 10.2. The zero-order valence-corrected chi connectivity index (χ0v) is 14.8. The molecule has 0 aliphatic heterocycles. The Morgan fingerprint density at radius 3 is 2.46 bits per heavy atom. The molecular weight excluding hydrogens is 397 g/mol. The zero-order chi connectivity index (χ0) is 19.7. The number of nitrogens with zero attached hydrogens (tertiary/aromatic N) is 3. The van der Waals surface area contributed by atoms with Crippen LogP contribution >= 0.6 is 11.3 Å². The van der Waals surface area contributed by atoms with E-state index in [9.17, 15) is 18.0 Å². The summed E-state index contributed by atoms with van der Waals surface area (Å²) in [5.74, 6) is 0.471. The second-order valence-electron chi connectivity index (χ2n) is 5.60. The van der Waals surface area contributed by atoms with Crippen LogP contribution in [-0.4, -0.2) is 20.7 Å². The van der Waals surface area contributed by atoms with Gasteiger partial charge >= 0.3 is 6.18 Å². The topological polar surface area (TPSA) is 86.1 Å². The van der Waals surface area contributed by atoms with Crippen molar-refractivity contribution in [3.63, 3.8) is 0 Å². The molecule has 0 aromatic carbocycles. The van der Waals surface area contributed by atoms with Crippen molar-refractivity contribution >= 4 is 22.4 Å². The van der Waals surface area contributed by atoms with E-state index in [-0.39, 0.29) is 11.7 Å². The third-order valence-corrected chi connectivity index (χ3v) is 4.60. The van der Waals surface area contributed by atoms with Gasteiger partial charge in [0.2, 0.25) is 5.91 Å². The molecule has 144 valence electrons. The highest BCUT2D eigenvalue weighted by atomic mass is 32.1. The molecule has 0 fully saturated rings. The van der Waals surface area contributed by atoms with Crippen molar-refractivity contribution in [3.05, 3.63) is 54.7 Å². The number of hydrogen-bond donors (Lipinski definition) is 1. The first kappa shape index (κ1) is 18.0. The van der Waals surface area contributed by atoms with Crippen LogP contribution in [0.5, 0.6) is 0 Å². The van der Waals surface area contributed by atoms with Gasteiger partial charge in [0, 0.05) is 6.20 Å². The second kappa shape index (κ2) is 7.00. The lowest BCUT2D eigenvalue weighted by molar-refractivity contribution is -0.141. The summed E-state index contributed by atoms with van der Waals surface area (Å²) in [6.45, 7) is -0.387. The van der Waals surface area contributed by atoms with Crippen LogP contribution in [0.15, 0.2) is 57.9 Å². The summed E-state index contributed by atoms with van der Waals surface area (Å²) in [7, 11) is 0. The Kier molecular flexibility index (Phi) is 4.51. The average molecular weight is 408 g/mol. The minimum atomic E-state index is -4.56. The predicted octanol–water partition coefficient (Wildman–Crippen LogP) is 4.52. The molecule has 0 radical (unpaired) electrons. The van der Waals surface area contributed by atoms with Crippen molar-refractivity contribution in [2.45, 2.75) is 12.7 Å². The van der Waals surface area contributed by atoms with Gasteiger partial charge in [0.15, 0.2) is 16.6 Å². The van der Waals surface area contributed by atoms with E-state index in [4.69, 9.17) is 8.83 Å². The number of nitrogens with one attached hydrogen (secondary N) is 1. The monoisotopic (exact) mass is 408 g/mol. The highest BCUT2D eigenvalue weighted by Gasteiger charge is 2.33. The maximum absolute atomic E-state index is 12.6. The zero-order valence-electron chi connectivity index (χ0n) is 13.9. The van der Waals surface area contributed by atoms with E-state index in [0.29, 0.717) is 22.1 Å². The largest absolute Gasteiger partial charge is 0.463 e. The van der Waals surface area contributed by atoms with Crippen LogP contribution in [0.3, 0.4) is 0 Å². The molecule has 0 bridgehead atoms. The lowest BCUT2D eigenvalue weighted by Crippen LogP contribution is -2.19. The SMILES string of the molecule is O=C(Cn1ccc(C(F)(F)F)n1)Nc1nc(-c2ccco2)c(-c2ccco2)s1. The normalized spacial score (nSPS) is 11.7. The molecule has 0 saturated heterocycles. The summed E-state index contributed by atoms with van der Waals surface area (Å²) in [6, 6.07) is 7.69. The van der Waals surface area contributed by atoms with Gasteiger partial charge in [0.1, 0.15) is 22.9 Å². The Hall–Kier alpha value is -3.34. The summed E-state index contributed by atoms with van der Waals surface area (Å²) in [5.41, 5.74) is -0.576. The Morgan fingerprint density at radius 2 is 1.86 bits per heavy atom. The van der Waals surface area contributed by atoms with Crippen LogP contribution in [-0.2, 0) is 17.5 Å². The fourth-order valence-corrected chi connectivity index (χ4v) is 3.39. The van der Waals surface area contributed by atoms with Crippen molar-refractivity contribution in [2.75, 3.05) is 5.32 Å².